The molecule has 7 nitrogen and oxygen atoms in total. The van der Waals surface area contributed by atoms with Gasteiger partial charge in [-0.3, -0.25) is 9.35 Å². The largest absolute Gasteiger partial charge is 1.00 e. The molecule has 138 valence electrons. The predicted molar refractivity (Wildman–Crippen MR) is 84.1 cm³/mol. The summed E-state index contributed by atoms with van der Waals surface area (Å²) in [6, 6.07) is 0. The van der Waals surface area contributed by atoms with E-state index in [1.54, 1.807) is 0 Å². The molecule has 0 aliphatic rings. The van der Waals surface area contributed by atoms with Gasteiger partial charge in [-0.05, 0) is 6.42 Å². The number of hydrogen-bond donors (Lipinski definition) is 1. The molecule has 0 rings (SSSR count). The Hall–Kier alpha value is 0.936. The maximum absolute atomic E-state index is 11.5. The average Bonchev–Trinajstić information content (AvgIpc) is 2.49. The Morgan fingerprint density at radius 2 is 1.54 bits per heavy atom. The monoisotopic (exact) mass is 392 g/mol. The second-order valence-electron chi connectivity index (χ2n) is 5.57. The van der Waals surface area contributed by atoms with E-state index in [4.69, 9.17) is 9.29 Å². The quantitative estimate of drug-likeness (QED) is 0.165. The molecule has 0 radical (unpaired) electrons. The fraction of sp³-hybridized carbons (Fsp3) is 0.933. The van der Waals surface area contributed by atoms with Gasteiger partial charge in [-0.15, -0.1) is 0 Å². The van der Waals surface area contributed by atoms with Crippen LogP contribution in [0.2, 0.25) is 0 Å². The van der Waals surface area contributed by atoms with Crippen molar-refractivity contribution < 1.29 is 83.2 Å². The maximum Gasteiger partial charge on any atom is 1.00 e. The molecule has 0 aromatic carbocycles. The first-order valence-corrected chi connectivity index (χ1v) is 9.65. The van der Waals surface area contributed by atoms with Gasteiger partial charge >= 0.3 is 67.8 Å². The minimum atomic E-state index is -4.63. The number of ether oxygens (including phenoxy) is 1. The summed E-state index contributed by atoms with van der Waals surface area (Å²) >= 11 is 0. The van der Waals surface area contributed by atoms with Gasteiger partial charge in [0.05, 0.1) is 0 Å². The Morgan fingerprint density at radius 1 is 1.04 bits per heavy atom. The molecule has 0 saturated carbocycles. The van der Waals surface area contributed by atoms with E-state index in [0.29, 0.717) is 6.42 Å². The van der Waals surface area contributed by atoms with Crippen LogP contribution in [0.1, 0.15) is 71.1 Å². The van der Waals surface area contributed by atoms with Gasteiger partial charge in [0, 0.05) is 6.42 Å². The molecule has 1 atom stereocenters. The number of unbranched alkanes of at least 4 members (excludes halogenated alkanes) is 8. The molecule has 0 aliphatic heterocycles. The van der Waals surface area contributed by atoms with Crippen molar-refractivity contribution in [2.45, 2.75) is 77.2 Å². The van der Waals surface area contributed by atoms with Crippen molar-refractivity contribution >= 4 is 16.4 Å². The van der Waals surface area contributed by atoms with E-state index >= 15 is 0 Å². The Balaban J connectivity index is 0. The van der Waals surface area contributed by atoms with Crippen molar-refractivity contribution in [2.75, 3.05) is 13.2 Å². The standard InChI is InChI=1S/C15H29O7S.K/c1-2-3-4-5-6-7-8-9-10-11-15(17)22-14(12-16)13-21-23(18,19)20;/h14H,2-13H2,1H3,(H,18,19,20);/q-1;+1. The molecule has 1 N–H and O–H groups in total. The van der Waals surface area contributed by atoms with Crippen LogP contribution in [0.4, 0.5) is 0 Å². The summed E-state index contributed by atoms with van der Waals surface area (Å²) in [7, 11) is -4.63. The molecule has 0 bridgehead atoms. The minimum Gasteiger partial charge on any atom is -0.852 e. The Bertz CT molecular complexity index is 401. The molecule has 0 amide bonds. The molecule has 24 heavy (non-hydrogen) atoms. The normalized spacial score (nSPS) is 12.5. The number of carbonyl (C=O) groups is 1. The molecular formula is C15H29KO7S. The van der Waals surface area contributed by atoms with Crippen molar-refractivity contribution in [2.24, 2.45) is 0 Å². The van der Waals surface area contributed by atoms with Gasteiger partial charge in [0.15, 0.2) is 0 Å². The summed E-state index contributed by atoms with van der Waals surface area (Å²) in [5.74, 6) is -0.548. The van der Waals surface area contributed by atoms with Crippen molar-refractivity contribution in [3.8, 4) is 0 Å². The van der Waals surface area contributed by atoms with Crippen LogP contribution in [0.3, 0.4) is 0 Å². The van der Waals surface area contributed by atoms with Gasteiger partial charge in [-0.1, -0.05) is 64.9 Å². The third-order valence-corrected chi connectivity index (χ3v) is 3.81. The summed E-state index contributed by atoms with van der Waals surface area (Å²) in [5.41, 5.74) is 0. The molecule has 9 heteroatoms. The Labute approximate surface area is 188 Å². The van der Waals surface area contributed by atoms with Crippen molar-refractivity contribution in [1.82, 2.24) is 0 Å². The summed E-state index contributed by atoms with van der Waals surface area (Å²) in [5, 5.41) is 10.8. The summed E-state index contributed by atoms with van der Waals surface area (Å²) < 4.78 is 38.0. The van der Waals surface area contributed by atoms with Gasteiger partial charge in [-0.25, -0.2) is 4.18 Å². The Morgan fingerprint density at radius 3 is 2.00 bits per heavy atom. The SMILES string of the molecule is CCCCCCCCCCCC(=O)OC(C[O-])COS(=O)(=O)O.[K+]. The number of esters is 1. The van der Waals surface area contributed by atoms with Gasteiger partial charge < -0.3 is 9.84 Å². The van der Waals surface area contributed by atoms with Crippen LogP contribution >= 0.6 is 0 Å². The zero-order chi connectivity index (χ0) is 17.6. The third kappa shape index (κ3) is 19.3. The van der Waals surface area contributed by atoms with E-state index < -0.39 is 35.7 Å². The molecule has 0 heterocycles. The number of carbonyl (C=O) groups excluding carboxylic acids is 1. The summed E-state index contributed by atoms with van der Waals surface area (Å²) in [6.45, 7) is 0.705. The van der Waals surface area contributed by atoms with Crippen molar-refractivity contribution in [3.05, 3.63) is 0 Å². The summed E-state index contributed by atoms with van der Waals surface area (Å²) in [4.78, 5) is 11.5. The van der Waals surface area contributed by atoms with Crippen molar-refractivity contribution in [1.29, 1.82) is 0 Å². The first-order chi connectivity index (χ1) is 10.9. The number of hydrogen-bond acceptors (Lipinski definition) is 6. The fourth-order valence-corrected chi connectivity index (χ4v) is 2.43. The van der Waals surface area contributed by atoms with Crippen LogP contribution < -0.4 is 56.5 Å². The number of rotatable bonds is 15. The third-order valence-electron chi connectivity index (χ3n) is 3.37. The van der Waals surface area contributed by atoms with Crippen LogP contribution in [0, 0.1) is 0 Å². The summed E-state index contributed by atoms with van der Waals surface area (Å²) in [6.07, 6.45) is 9.09. The van der Waals surface area contributed by atoms with E-state index in [0.717, 1.165) is 19.3 Å². The van der Waals surface area contributed by atoms with E-state index in [1.165, 1.54) is 32.1 Å². The van der Waals surface area contributed by atoms with Gasteiger partial charge in [-0.2, -0.15) is 8.42 Å². The van der Waals surface area contributed by atoms with Gasteiger partial charge in [0.1, 0.15) is 12.7 Å². The average molecular weight is 393 g/mol. The van der Waals surface area contributed by atoms with Crippen LogP contribution in [-0.4, -0.2) is 38.3 Å². The first kappa shape index (κ1) is 27.2. The van der Waals surface area contributed by atoms with Gasteiger partial charge in [0.2, 0.25) is 0 Å². The van der Waals surface area contributed by atoms with Gasteiger partial charge in [0.25, 0.3) is 0 Å². The molecule has 0 saturated heterocycles. The maximum atomic E-state index is 11.5. The van der Waals surface area contributed by atoms with Crippen LogP contribution in [0.15, 0.2) is 0 Å². The molecular weight excluding hydrogens is 363 g/mol. The van der Waals surface area contributed by atoms with Crippen LogP contribution in [0.5, 0.6) is 0 Å². The fourth-order valence-electron chi connectivity index (χ4n) is 2.10. The molecule has 0 aromatic heterocycles. The van der Waals surface area contributed by atoms with E-state index in [2.05, 4.69) is 11.1 Å². The second-order valence-corrected chi connectivity index (χ2v) is 6.66. The second kappa shape index (κ2) is 17.4. The predicted octanol–water partition coefficient (Wildman–Crippen LogP) is -0.997. The van der Waals surface area contributed by atoms with Crippen LogP contribution in [0.25, 0.3) is 0 Å². The minimum absolute atomic E-state index is 0. The smallest absolute Gasteiger partial charge is 0.852 e. The van der Waals surface area contributed by atoms with E-state index in [9.17, 15) is 18.3 Å². The molecule has 0 fully saturated rings. The van der Waals surface area contributed by atoms with E-state index in [1.807, 2.05) is 0 Å². The zero-order valence-corrected chi connectivity index (χ0v) is 18.8. The molecule has 0 spiro atoms. The zero-order valence-electron chi connectivity index (χ0n) is 14.9. The Kier molecular flexibility index (Phi) is 19.6. The van der Waals surface area contributed by atoms with Crippen molar-refractivity contribution in [3.63, 3.8) is 0 Å². The molecule has 1 unspecified atom stereocenters. The molecule has 0 aliphatic carbocycles. The topological polar surface area (TPSA) is 113 Å². The molecule has 0 aromatic rings. The van der Waals surface area contributed by atoms with E-state index in [-0.39, 0.29) is 57.8 Å². The first-order valence-electron chi connectivity index (χ1n) is 8.28. The van der Waals surface area contributed by atoms with Crippen LogP contribution in [-0.2, 0) is 24.1 Å².